The molecule has 0 nitrogen and oxygen atoms in total. The Balaban J connectivity index is 3.22. The van der Waals surface area contributed by atoms with Crippen molar-refractivity contribution >= 4 is 8.07 Å². The van der Waals surface area contributed by atoms with Crippen LogP contribution in [0.3, 0.4) is 0 Å². The zero-order chi connectivity index (χ0) is 13.8. The minimum atomic E-state index is -1.34. The van der Waals surface area contributed by atoms with Crippen LogP contribution in [0.25, 0.3) is 0 Å². The van der Waals surface area contributed by atoms with Gasteiger partial charge in [-0.2, -0.15) is 0 Å². The molecule has 0 spiro atoms. The number of hydrogen-bond donors (Lipinski definition) is 0. The number of rotatable bonds is 3. The average molecular weight is 256 g/mol. The van der Waals surface area contributed by atoms with E-state index in [0.717, 1.165) is 6.42 Å². The smallest absolute Gasteiger partial charge is 0.129 e. The van der Waals surface area contributed by atoms with E-state index in [4.69, 9.17) is 0 Å². The van der Waals surface area contributed by atoms with Crippen LogP contribution < -0.4 is 0 Å². The molecule has 0 bridgehead atoms. The van der Waals surface area contributed by atoms with E-state index in [9.17, 15) is 0 Å². The lowest BCUT2D eigenvalue weighted by Crippen LogP contribution is -2.23. The summed E-state index contributed by atoms with van der Waals surface area (Å²) < 4.78 is 0. The van der Waals surface area contributed by atoms with E-state index in [1.54, 1.807) is 0 Å². The fraction of sp³-hybridized carbons (Fsp3) is 0.412. The van der Waals surface area contributed by atoms with Crippen LogP contribution in [-0.2, 0) is 5.41 Å². The van der Waals surface area contributed by atoms with E-state index in [1.807, 2.05) is 6.08 Å². The van der Waals surface area contributed by atoms with Gasteiger partial charge < -0.3 is 0 Å². The molecule has 0 radical (unpaired) electrons. The molecular weight excluding hydrogens is 232 g/mol. The average Bonchev–Trinajstić information content (AvgIpc) is 2.26. The summed E-state index contributed by atoms with van der Waals surface area (Å²) in [6.45, 7) is 15.1. The number of hydrogen-bond acceptors (Lipinski definition) is 0. The lowest BCUT2D eigenvalue weighted by atomic mass is 9.80. The van der Waals surface area contributed by atoms with Gasteiger partial charge in [0.05, 0.1) is 5.41 Å². The quantitative estimate of drug-likeness (QED) is 0.417. The Morgan fingerprint density at radius 3 is 2.50 bits per heavy atom. The second-order valence-electron chi connectivity index (χ2n) is 6.19. The van der Waals surface area contributed by atoms with E-state index in [-0.39, 0.29) is 5.41 Å². The van der Waals surface area contributed by atoms with Crippen molar-refractivity contribution in [1.29, 1.82) is 0 Å². The fourth-order valence-electron chi connectivity index (χ4n) is 1.84. The molecule has 0 amide bonds. The maximum Gasteiger partial charge on any atom is 0.129 e. The standard InChI is InChI=1S/C17H24Si/c1-7-11-17(3,12-13-18(4,5)6)16-10-8-9-15(2)14-16/h7-10,14H,1,11H2,2-6H3/t17-/m1/s1. The zero-order valence-corrected chi connectivity index (χ0v) is 13.3. The van der Waals surface area contributed by atoms with Crippen LogP contribution in [0.2, 0.25) is 19.6 Å². The Bertz CT molecular complexity index is 482. The Hall–Kier alpha value is -1.26. The first-order valence-electron chi connectivity index (χ1n) is 6.49. The molecule has 1 heteroatoms. The molecule has 1 aromatic carbocycles. The maximum absolute atomic E-state index is 3.88. The van der Waals surface area contributed by atoms with Crippen LogP contribution in [0.4, 0.5) is 0 Å². The van der Waals surface area contributed by atoms with Crippen molar-refractivity contribution in [3.05, 3.63) is 48.0 Å². The highest BCUT2D eigenvalue weighted by Gasteiger charge is 2.23. The molecule has 0 saturated carbocycles. The molecule has 0 heterocycles. The Morgan fingerprint density at radius 1 is 1.33 bits per heavy atom. The van der Waals surface area contributed by atoms with E-state index < -0.39 is 8.07 Å². The lowest BCUT2D eigenvalue weighted by Gasteiger charge is -2.24. The largest absolute Gasteiger partial charge is 0.131 e. The minimum absolute atomic E-state index is 0.103. The third kappa shape index (κ3) is 4.20. The van der Waals surface area contributed by atoms with Crippen LogP contribution >= 0.6 is 0 Å². The van der Waals surface area contributed by atoms with Crippen molar-refractivity contribution in [1.82, 2.24) is 0 Å². The SMILES string of the molecule is C=CC[C@](C)(C#C[Si](C)(C)C)c1cccc(C)c1. The van der Waals surface area contributed by atoms with Crippen LogP contribution in [-0.4, -0.2) is 8.07 Å². The summed E-state index contributed by atoms with van der Waals surface area (Å²) in [4.78, 5) is 0. The third-order valence-electron chi connectivity index (χ3n) is 2.92. The summed E-state index contributed by atoms with van der Waals surface area (Å²) in [6, 6.07) is 8.66. The topological polar surface area (TPSA) is 0 Å². The summed E-state index contributed by atoms with van der Waals surface area (Å²) in [5, 5.41) is 0. The summed E-state index contributed by atoms with van der Waals surface area (Å²) in [5.41, 5.74) is 5.99. The monoisotopic (exact) mass is 256 g/mol. The molecule has 0 unspecified atom stereocenters. The van der Waals surface area contributed by atoms with E-state index in [0.29, 0.717) is 0 Å². The molecule has 18 heavy (non-hydrogen) atoms. The molecule has 0 saturated heterocycles. The summed E-state index contributed by atoms with van der Waals surface area (Å²) >= 11 is 0. The third-order valence-corrected chi connectivity index (χ3v) is 3.80. The fourth-order valence-corrected chi connectivity index (χ4v) is 2.49. The molecular formula is C17H24Si. The second kappa shape index (κ2) is 5.59. The number of aryl methyl sites for hydroxylation is 1. The molecule has 0 N–H and O–H groups in total. The summed E-state index contributed by atoms with van der Waals surface area (Å²) in [5.74, 6) is 3.52. The first-order valence-corrected chi connectivity index (χ1v) is 9.99. The highest BCUT2D eigenvalue weighted by atomic mass is 28.3. The molecule has 0 fully saturated rings. The summed E-state index contributed by atoms with van der Waals surface area (Å²) in [6.07, 6.45) is 2.87. The zero-order valence-electron chi connectivity index (χ0n) is 12.3. The maximum atomic E-state index is 3.88. The van der Waals surface area contributed by atoms with Crippen LogP contribution in [0.15, 0.2) is 36.9 Å². The number of benzene rings is 1. The van der Waals surface area contributed by atoms with Gasteiger partial charge in [-0.1, -0.05) is 61.5 Å². The predicted molar refractivity (Wildman–Crippen MR) is 84.5 cm³/mol. The first-order chi connectivity index (χ1) is 8.27. The molecule has 0 aliphatic carbocycles. The van der Waals surface area contributed by atoms with Gasteiger partial charge in [0.25, 0.3) is 0 Å². The Labute approximate surface area is 113 Å². The summed E-state index contributed by atoms with van der Waals surface area (Å²) in [7, 11) is -1.34. The van der Waals surface area contributed by atoms with Gasteiger partial charge >= 0.3 is 0 Å². The predicted octanol–water partition coefficient (Wildman–Crippen LogP) is 4.71. The van der Waals surface area contributed by atoms with Crippen molar-refractivity contribution in [3.8, 4) is 11.5 Å². The highest BCUT2D eigenvalue weighted by molar-refractivity contribution is 6.83. The van der Waals surface area contributed by atoms with Crippen LogP contribution in [0.1, 0.15) is 24.5 Å². The Kier molecular flexibility index (Phi) is 4.59. The van der Waals surface area contributed by atoms with Gasteiger partial charge in [-0.3, -0.25) is 0 Å². The molecule has 0 aromatic heterocycles. The second-order valence-corrected chi connectivity index (χ2v) is 10.9. The molecule has 1 rings (SSSR count). The molecule has 1 atom stereocenters. The molecule has 1 aromatic rings. The van der Waals surface area contributed by atoms with Crippen molar-refractivity contribution in [2.45, 2.75) is 45.3 Å². The van der Waals surface area contributed by atoms with Crippen molar-refractivity contribution in [2.24, 2.45) is 0 Å². The van der Waals surface area contributed by atoms with Gasteiger partial charge in [-0.25, -0.2) is 0 Å². The van der Waals surface area contributed by atoms with Gasteiger partial charge in [0, 0.05) is 0 Å². The normalized spacial score (nSPS) is 14.3. The van der Waals surface area contributed by atoms with Crippen molar-refractivity contribution < 1.29 is 0 Å². The molecule has 0 aliphatic heterocycles. The highest BCUT2D eigenvalue weighted by Crippen LogP contribution is 2.28. The van der Waals surface area contributed by atoms with Gasteiger partial charge in [0.15, 0.2) is 0 Å². The number of allylic oxidation sites excluding steroid dienone is 1. The first kappa shape index (κ1) is 14.8. The van der Waals surface area contributed by atoms with E-state index in [2.05, 4.69) is 75.8 Å². The molecule has 0 aliphatic rings. The lowest BCUT2D eigenvalue weighted by molar-refractivity contribution is 0.631. The van der Waals surface area contributed by atoms with Gasteiger partial charge in [-0.05, 0) is 25.8 Å². The Morgan fingerprint density at radius 2 is 2.00 bits per heavy atom. The van der Waals surface area contributed by atoms with Crippen LogP contribution in [0, 0.1) is 18.4 Å². The van der Waals surface area contributed by atoms with Crippen molar-refractivity contribution in [2.75, 3.05) is 0 Å². The van der Waals surface area contributed by atoms with Gasteiger partial charge in [0.1, 0.15) is 8.07 Å². The van der Waals surface area contributed by atoms with E-state index in [1.165, 1.54) is 11.1 Å². The van der Waals surface area contributed by atoms with Gasteiger partial charge in [-0.15, -0.1) is 12.1 Å². The molecule has 96 valence electrons. The van der Waals surface area contributed by atoms with E-state index >= 15 is 0 Å². The minimum Gasteiger partial charge on any atom is -0.131 e. The van der Waals surface area contributed by atoms with Gasteiger partial charge in [0.2, 0.25) is 0 Å². The van der Waals surface area contributed by atoms with Crippen LogP contribution in [0.5, 0.6) is 0 Å². The van der Waals surface area contributed by atoms with Crippen molar-refractivity contribution in [3.63, 3.8) is 0 Å².